The molecule has 0 aliphatic rings. The Balaban J connectivity index is 2.46. The molecule has 0 aromatic carbocycles. The van der Waals surface area contributed by atoms with Crippen molar-refractivity contribution in [1.29, 1.82) is 0 Å². The normalized spacial score (nSPS) is 12.3. The number of nitrogens with zero attached hydrogens (tertiary/aromatic N) is 2. The summed E-state index contributed by atoms with van der Waals surface area (Å²) in [5.74, 6) is -1.47. The molecule has 0 fully saturated rings. The molecule has 2 aromatic rings. The van der Waals surface area contributed by atoms with E-state index in [9.17, 15) is 9.59 Å². The predicted octanol–water partition coefficient (Wildman–Crippen LogP) is 2.25. The van der Waals surface area contributed by atoms with Crippen molar-refractivity contribution in [3.8, 4) is 0 Å². The van der Waals surface area contributed by atoms with Crippen LogP contribution in [-0.2, 0) is 11.2 Å². The van der Waals surface area contributed by atoms with Crippen LogP contribution in [0.5, 0.6) is 0 Å². The molecule has 2 N–H and O–H groups in total. The summed E-state index contributed by atoms with van der Waals surface area (Å²) in [4.78, 5) is 27.9. The van der Waals surface area contributed by atoms with Gasteiger partial charge in [0, 0.05) is 10.7 Å². The van der Waals surface area contributed by atoms with E-state index in [-0.39, 0.29) is 0 Å². The third-order valence-electron chi connectivity index (χ3n) is 3.22. The lowest BCUT2D eigenvalue weighted by molar-refractivity contribution is -0.139. The SMILES string of the molecule is CCc1nc2ccc(Br)cn2c1C(=O)NC(CC)C(=O)O. The van der Waals surface area contributed by atoms with Gasteiger partial charge in [0.2, 0.25) is 0 Å². The Morgan fingerprint density at radius 2 is 2.14 bits per heavy atom. The molecule has 1 unspecified atom stereocenters. The van der Waals surface area contributed by atoms with Crippen molar-refractivity contribution in [2.24, 2.45) is 0 Å². The summed E-state index contributed by atoms with van der Waals surface area (Å²) in [5.41, 5.74) is 1.68. The highest BCUT2D eigenvalue weighted by Gasteiger charge is 2.23. The van der Waals surface area contributed by atoms with Crippen LogP contribution in [0.15, 0.2) is 22.8 Å². The number of aromatic nitrogens is 2. The first kappa shape index (κ1) is 15.5. The monoisotopic (exact) mass is 353 g/mol. The molecule has 0 aliphatic carbocycles. The van der Waals surface area contributed by atoms with E-state index in [2.05, 4.69) is 26.2 Å². The molecule has 0 bridgehead atoms. The number of carbonyl (C=O) groups is 2. The first-order chi connectivity index (χ1) is 9.97. The highest BCUT2D eigenvalue weighted by atomic mass is 79.9. The van der Waals surface area contributed by atoms with Crippen LogP contribution in [0.2, 0.25) is 0 Å². The number of hydrogen-bond acceptors (Lipinski definition) is 3. The van der Waals surface area contributed by atoms with E-state index < -0.39 is 17.9 Å². The maximum Gasteiger partial charge on any atom is 0.326 e. The van der Waals surface area contributed by atoms with E-state index in [1.54, 1.807) is 23.6 Å². The quantitative estimate of drug-likeness (QED) is 0.863. The van der Waals surface area contributed by atoms with Gasteiger partial charge < -0.3 is 10.4 Å². The number of hydrogen-bond donors (Lipinski definition) is 2. The second-order valence-electron chi connectivity index (χ2n) is 4.61. The molecule has 0 aliphatic heterocycles. The molecule has 0 spiro atoms. The van der Waals surface area contributed by atoms with E-state index in [1.807, 2.05) is 13.0 Å². The number of aliphatic carboxylic acids is 1. The van der Waals surface area contributed by atoms with Crippen molar-refractivity contribution in [3.05, 3.63) is 34.2 Å². The number of rotatable bonds is 5. The summed E-state index contributed by atoms with van der Waals surface area (Å²) >= 11 is 3.36. The van der Waals surface area contributed by atoms with E-state index in [0.717, 1.165) is 4.47 Å². The van der Waals surface area contributed by atoms with Gasteiger partial charge in [-0.3, -0.25) is 9.20 Å². The minimum atomic E-state index is -1.04. The second kappa shape index (κ2) is 6.26. The Hall–Kier alpha value is -1.89. The molecule has 21 heavy (non-hydrogen) atoms. The lowest BCUT2D eigenvalue weighted by atomic mass is 10.2. The van der Waals surface area contributed by atoms with Gasteiger partial charge in [-0.1, -0.05) is 13.8 Å². The highest BCUT2D eigenvalue weighted by molar-refractivity contribution is 9.10. The number of nitrogens with one attached hydrogen (secondary N) is 1. The Labute approximate surface area is 130 Å². The molecule has 0 saturated heterocycles. The van der Waals surface area contributed by atoms with Gasteiger partial charge in [-0.05, 0) is 40.9 Å². The summed E-state index contributed by atoms with van der Waals surface area (Å²) in [5, 5.41) is 11.6. The van der Waals surface area contributed by atoms with Crippen LogP contribution in [0.1, 0.15) is 36.5 Å². The maximum absolute atomic E-state index is 12.4. The molecular weight excluding hydrogens is 338 g/mol. The van der Waals surface area contributed by atoms with Crippen molar-refractivity contribution in [1.82, 2.24) is 14.7 Å². The van der Waals surface area contributed by atoms with Gasteiger partial charge in [-0.2, -0.15) is 0 Å². The number of carboxylic acids is 1. The van der Waals surface area contributed by atoms with Gasteiger partial charge in [0.05, 0.1) is 5.69 Å². The van der Waals surface area contributed by atoms with Gasteiger partial charge in [-0.15, -0.1) is 0 Å². The fourth-order valence-corrected chi connectivity index (χ4v) is 2.46. The van der Waals surface area contributed by atoms with Gasteiger partial charge in [0.1, 0.15) is 17.4 Å². The molecule has 7 heteroatoms. The average Bonchev–Trinajstić information content (AvgIpc) is 2.81. The lowest BCUT2D eigenvalue weighted by Gasteiger charge is -2.12. The Morgan fingerprint density at radius 1 is 1.43 bits per heavy atom. The summed E-state index contributed by atoms with van der Waals surface area (Å²) in [7, 11) is 0. The van der Waals surface area contributed by atoms with E-state index in [1.165, 1.54) is 0 Å². The van der Waals surface area contributed by atoms with Crippen LogP contribution >= 0.6 is 15.9 Å². The van der Waals surface area contributed by atoms with Crippen LogP contribution in [0.3, 0.4) is 0 Å². The van der Waals surface area contributed by atoms with E-state index in [0.29, 0.717) is 29.9 Å². The molecule has 2 rings (SSSR count). The average molecular weight is 354 g/mol. The van der Waals surface area contributed by atoms with Crippen molar-refractivity contribution < 1.29 is 14.7 Å². The van der Waals surface area contributed by atoms with E-state index in [4.69, 9.17) is 5.11 Å². The third kappa shape index (κ3) is 3.07. The molecule has 112 valence electrons. The largest absolute Gasteiger partial charge is 0.480 e. The first-order valence-corrected chi connectivity index (χ1v) is 7.47. The standard InChI is InChI=1S/C14H16BrN3O3/c1-3-9-12(13(19)17-10(4-2)14(20)21)18-7-8(15)5-6-11(18)16-9/h5-7,10H,3-4H2,1-2H3,(H,17,19)(H,20,21). The molecule has 0 radical (unpaired) electrons. The summed E-state index contributed by atoms with van der Waals surface area (Å²) < 4.78 is 2.49. The molecule has 0 saturated carbocycles. The summed E-state index contributed by atoms with van der Waals surface area (Å²) in [6, 6.07) is 2.74. The Kier molecular flexibility index (Phi) is 4.62. The Morgan fingerprint density at radius 3 is 2.71 bits per heavy atom. The number of imidazole rings is 1. The van der Waals surface area contributed by atoms with Crippen molar-refractivity contribution in [2.75, 3.05) is 0 Å². The number of carboxylic acid groups (broad SMARTS) is 1. The van der Waals surface area contributed by atoms with Crippen LogP contribution in [0.4, 0.5) is 0 Å². The number of halogens is 1. The number of amides is 1. The second-order valence-corrected chi connectivity index (χ2v) is 5.52. The summed E-state index contributed by atoms with van der Waals surface area (Å²) in [6.45, 7) is 3.62. The molecule has 1 amide bonds. The van der Waals surface area contributed by atoms with E-state index >= 15 is 0 Å². The van der Waals surface area contributed by atoms with Crippen LogP contribution in [0.25, 0.3) is 5.65 Å². The minimum absolute atomic E-state index is 0.322. The van der Waals surface area contributed by atoms with Crippen molar-refractivity contribution in [3.63, 3.8) is 0 Å². The highest BCUT2D eigenvalue weighted by Crippen LogP contribution is 2.18. The number of pyridine rings is 1. The van der Waals surface area contributed by atoms with Gasteiger partial charge in [0.15, 0.2) is 0 Å². The predicted molar refractivity (Wildman–Crippen MR) is 81.5 cm³/mol. The fourth-order valence-electron chi connectivity index (χ4n) is 2.12. The minimum Gasteiger partial charge on any atom is -0.480 e. The number of carbonyl (C=O) groups excluding carboxylic acids is 1. The van der Waals surface area contributed by atoms with Crippen molar-refractivity contribution >= 4 is 33.5 Å². The van der Waals surface area contributed by atoms with Crippen LogP contribution in [-0.4, -0.2) is 32.4 Å². The van der Waals surface area contributed by atoms with Crippen LogP contribution < -0.4 is 5.32 Å². The lowest BCUT2D eigenvalue weighted by Crippen LogP contribution is -2.41. The van der Waals surface area contributed by atoms with Gasteiger partial charge in [-0.25, -0.2) is 9.78 Å². The Bertz CT molecular complexity index is 696. The first-order valence-electron chi connectivity index (χ1n) is 6.68. The van der Waals surface area contributed by atoms with Crippen LogP contribution in [0, 0.1) is 0 Å². The van der Waals surface area contributed by atoms with Crippen molar-refractivity contribution in [2.45, 2.75) is 32.7 Å². The van der Waals surface area contributed by atoms with Gasteiger partial charge in [0.25, 0.3) is 5.91 Å². The molecule has 2 heterocycles. The topological polar surface area (TPSA) is 83.7 Å². The van der Waals surface area contributed by atoms with Gasteiger partial charge >= 0.3 is 5.97 Å². The third-order valence-corrected chi connectivity index (χ3v) is 3.69. The maximum atomic E-state index is 12.4. The summed E-state index contributed by atoms with van der Waals surface area (Å²) in [6.07, 6.45) is 2.66. The number of aryl methyl sites for hydroxylation is 1. The molecule has 2 aromatic heterocycles. The number of fused-ring (bicyclic) bond motifs is 1. The molecular formula is C14H16BrN3O3. The zero-order chi connectivity index (χ0) is 15.6. The fraction of sp³-hybridized carbons (Fsp3) is 0.357. The smallest absolute Gasteiger partial charge is 0.326 e. The molecule has 1 atom stereocenters. The molecule has 6 nitrogen and oxygen atoms in total. The zero-order valence-corrected chi connectivity index (χ0v) is 13.3. The zero-order valence-electron chi connectivity index (χ0n) is 11.8.